The van der Waals surface area contributed by atoms with E-state index in [0.717, 1.165) is 42.3 Å². The number of aromatic nitrogens is 2. The molecule has 0 aliphatic heterocycles. The minimum atomic E-state index is -3.60. The van der Waals surface area contributed by atoms with E-state index >= 15 is 0 Å². The number of hydrogen-bond acceptors (Lipinski definition) is 6. The summed E-state index contributed by atoms with van der Waals surface area (Å²) in [5.74, 6) is 1.27. The van der Waals surface area contributed by atoms with Crippen LogP contribution in [0.25, 0.3) is 10.9 Å². The average Bonchev–Trinajstić information content (AvgIpc) is 2.55. The van der Waals surface area contributed by atoms with Crippen LogP contribution in [0.3, 0.4) is 0 Å². The summed E-state index contributed by atoms with van der Waals surface area (Å²) in [4.78, 5) is 8.63. The molecule has 1 aromatic heterocycles. The number of hydrogen-bond donors (Lipinski definition) is 2. The van der Waals surface area contributed by atoms with E-state index < -0.39 is 10.2 Å². The molecule has 0 atom stereocenters. The second-order valence-corrected chi connectivity index (χ2v) is 6.67. The van der Waals surface area contributed by atoms with E-state index in [-0.39, 0.29) is 0 Å². The zero-order chi connectivity index (χ0) is 17.6. The van der Waals surface area contributed by atoms with Gasteiger partial charge in [0.15, 0.2) is 11.5 Å². The highest BCUT2D eigenvalue weighted by molar-refractivity contribution is 7.87. The molecule has 0 aliphatic rings. The second-order valence-electron chi connectivity index (χ2n) is 5.29. The van der Waals surface area contributed by atoms with Gasteiger partial charge in [-0.3, -0.25) is 0 Å². The molecular formula is C15H22N4O4S. The predicted octanol–water partition coefficient (Wildman–Crippen LogP) is 1.15. The van der Waals surface area contributed by atoms with Crippen molar-refractivity contribution in [2.45, 2.75) is 25.7 Å². The maximum absolute atomic E-state index is 10.8. The quantitative estimate of drug-likeness (QED) is 0.653. The van der Waals surface area contributed by atoms with Crippen LogP contribution in [0.4, 0.5) is 0 Å². The largest absolute Gasteiger partial charge is 0.493 e. The Labute approximate surface area is 141 Å². The maximum Gasteiger partial charge on any atom is 0.274 e. The Hall–Kier alpha value is -1.97. The molecule has 0 spiro atoms. The lowest BCUT2D eigenvalue weighted by molar-refractivity contribution is 0.355. The summed E-state index contributed by atoms with van der Waals surface area (Å²) in [6.07, 6.45) is 4.76. The van der Waals surface area contributed by atoms with Crippen molar-refractivity contribution in [3.05, 3.63) is 24.2 Å². The van der Waals surface area contributed by atoms with Gasteiger partial charge in [-0.25, -0.2) is 19.8 Å². The number of nitrogens with two attached hydrogens (primary N) is 1. The fraction of sp³-hybridized carbons (Fsp3) is 0.467. The first-order valence-electron chi connectivity index (χ1n) is 7.57. The third-order valence-electron chi connectivity index (χ3n) is 3.62. The molecule has 2 rings (SSSR count). The van der Waals surface area contributed by atoms with Gasteiger partial charge in [-0.2, -0.15) is 8.42 Å². The molecule has 0 saturated heterocycles. The number of ether oxygens (including phenoxy) is 2. The average molecular weight is 354 g/mol. The first-order chi connectivity index (χ1) is 11.4. The molecule has 0 fully saturated rings. The lowest BCUT2D eigenvalue weighted by Crippen LogP contribution is -2.31. The third-order valence-corrected chi connectivity index (χ3v) is 4.22. The highest BCUT2D eigenvalue weighted by Crippen LogP contribution is 2.32. The van der Waals surface area contributed by atoms with Crippen LogP contribution in [0.2, 0.25) is 0 Å². The molecule has 132 valence electrons. The molecule has 2 aromatic rings. The third kappa shape index (κ3) is 5.02. The standard InChI is InChI=1S/C15H22N4O4S/c1-22-14-8-11-12(6-4-3-5-7-19-24(16,20)21)17-10-18-13(11)9-15(14)23-2/h8-10,19H,3-7H2,1-2H3,(H2,16,20,21). The van der Waals surface area contributed by atoms with Crippen LogP contribution in [0.5, 0.6) is 11.5 Å². The zero-order valence-corrected chi connectivity index (χ0v) is 14.6. The van der Waals surface area contributed by atoms with Crippen LogP contribution in [0, 0.1) is 0 Å². The van der Waals surface area contributed by atoms with Crippen molar-refractivity contribution in [3.8, 4) is 11.5 Å². The summed E-state index contributed by atoms with van der Waals surface area (Å²) < 4.78 is 34.4. The first-order valence-corrected chi connectivity index (χ1v) is 9.12. The molecule has 0 saturated carbocycles. The molecule has 1 aromatic carbocycles. The number of aryl methyl sites for hydroxylation is 1. The fourth-order valence-electron chi connectivity index (χ4n) is 2.44. The van der Waals surface area contributed by atoms with E-state index in [1.54, 1.807) is 14.2 Å². The Morgan fingerprint density at radius 3 is 2.46 bits per heavy atom. The van der Waals surface area contributed by atoms with Crippen molar-refractivity contribution < 1.29 is 17.9 Å². The van der Waals surface area contributed by atoms with E-state index in [0.29, 0.717) is 18.0 Å². The smallest absolute Gasteiger partial charge is 0.274 e. The Balaban J connectivity index is 2.01. The minimum Gasteiger partial charge on any atom is -0.493 e. The van der Waals surface area contributed by atoms with Crippen molar-refractivity contribution in [1.82, 2.24) is 14.7 Å². The van der Waals surface area contributed by atoms with Gasteiger partial charge in [0.1, 0.15) is 6.33 Å². The molecule has 0 amide bonds. The highest BCUT2D eigenvalue weighted by atomic mass is 32.2. The van der Waals surface area contributed by atoms with Crippen LogP contribution in [-0.2, 0) is 16.6 Å². The van der Waals surface area contributed by atoms with Gasteiger partial charge in [0.05, 0.1) is 25.4 Å². The fourth-order valence-corrected chi connectivity index (χ4v) is 2.87. The molecule has 9 heteroatoms. The Morgan fingerprint density at radius 2 is 1.79 bits per heavy atom. The van der Waals surface area contributed by atoms with Crippen molar-refractivity contribution >= 4 is 21.1 Å². The molecular weight excluding hydrogens is 332 g/mol. The summed E-state index contributed by atoms with van der Waals surface area (Å²) >= 11 is 0. The first kappa shape index (κ1) is 18.4. The maximum atomic E-state index is 10.8. The number of rotatable bonds is 9. The summed E-state index contributed by atoms with van der Waals surface area (Å²) in [5.41, 5.74) is 1.73. The zero-order valence-electron chi connectivity index (χ0n) is 13.8. The summed E-state index contributed by atoms with van der Waals surface area (Å²) in [6.45, 7) is 0.342. The Morgan fingerprint density at radius 1 is 1.08 bits per heavy atom. The Bertz CT molecular complexity index is 795. The molecule has 1 heterocycles. The number of fused-ring (bicyclic) bond motifs is 1. The highest BCUT2D eigenvalue weighted by Gasteiger charge is 2.10. The second kappa shape index (κ2) is 8.22. The molecule has 8 nitrogen and oxygen atoms in total. The SMILES string of the molecule is COc1cc2ncnc(CCCCCNS(N)(=O)=O)c2cc1OC. The monoisotopic (exact) mass is 354 g/mol. The van der Waals surface area contributed by atoms with Gasteiger partial charge in [-0.15, -0.1) is 0 Å². The van der Waals surface area contributed by atoms with E-state index in [1.165, 1.54) is 6.33 Å². The van der Waals surface area contributed by atoms with E-state index in [9.17, 15) is 8.42 Å². The molecule has 0 bridgehead atoms. The van der Waals surface area contributed by atoms with Crippen molar-refractivity contribution in [3.63, 3.8) is 0 Å². The van der Waals surface area contributed by atoms with Crippen molar-refractivity contribution in [2.24, 2.45) is 5.14 Å². The minimum absolute atomic E-state index is 0.342. The normalized spacial score (nSPS) is 11.6. The summed E-state index contributed by atoms with van der Waals surface area (Å²) in [6, 6.07) is 3.71. The lowest BCUT2D eigenvalue weighted by atomic mass is 10.1. The van der Waals surface area contributed by atoms with Gasteiger partial charge >= 0.3 is 0 Å². The van der Waals surface area contributed by atoms with Gasteiger partial charge in [-0.1, -0.05) is 6.42 Å². The van der Waals surface area contributed by atoms with Crippen molar-refractivity contribution in [1.29, 1.82) is 0 Å². The van der Waals surface area contributed by atoms with Crippen LogP contribution in [0.1, 0.15) is 25.0 Å². The molecule has 0 unspecified atom stereocenters. The number of benzene rings is 1. The number of nitrogens with zero attached hydrogens (tertiary/aromatic N) is 2. The Kier molecular flexibility index (Phi) is 6.29. The number of nitrogens with one attached hydrogen (secondary N) is 1. The van der Waals surface area contributed by atoms with Gasteiger partial charge in [0.2, 0.25) is 0 Å². The van der Waals surface area contributed by atoms with Crippen LogP contribution in [-0.4, -0.2) is 39.2 Å². The van der Waals surface area contributed by atoms with E-state index in [1.807, 2.05) is 12.1 Å². The van der Waals surface area contributed by atoms with Gasteiger partial charge < -0.3 is 9.47 Å². The summed E-state index contributed by atoms with van der Waals surface area (Å²) in [5, 5.41) is 5.81. The number of methoxy groups -OCH3 is 2. The van der Waals surface area contributed by atoms with E-state index in [4.69, 9.17) is 14.6 Å². The van der Waals surface area contributed by atoms with Crippen LogP contribution >= 0.6 is 0 Å². The van der Waals surface area contributed by atoms with Crippen molar-refractivity contribution in [2.75, 3.05) is 20.8 Å². The molecule has 3 N–H and O–H groups in total. The van der Waals surface area contributed by atoms with Gasteiger partial charge in [-0.05, 0) is 25.3 Å². The van der Waals surface area contributed by atoms with E-state index in [2.05, 4.69) is 14.7 Å². The molecule has 24 heavy (non-hydrogen) atoms. The lowest BCUT2D eigenvalue weighted by Gasteiger charge is -2.11. The van der Waals surface area contributed by atoms with Crippen LogP contribution < -0.4 is 19.3 Å². The number of unbranched alkanes of at least 4 members (excludes halogenated alkanes) is 2. The van der Waals surface area contributed by atoms with Gasteiger partial charge in [0, 0.05) is 18.0 Å². The molecule has 0 radical (unpaired) electrons. The topological polar surface area (TPSA) is 116 Å². The van der Waals surface area contributed by atoms with Crippen LogP contribution in [0.15, 0.2) is 18.5 Å². The summed E-state index contributed by atoms with van der Waals surface area (Å²) in [7, 11) is -0.429. The predicted molar refractivity (Wildman–Crippen MR) is 91.3 cm³/mol. The molecule has 0 aliphatic carbocycles. The van der Waals surface area contributed by atoms with Gasteiger partial charge in [0.25, 0.3) is 10.2 Å².